The first-order valence-electron chi connectivity index (χ1n) is 9.61. The summed E-state index contributed by atoms with van der Waals surface area (Å²) in [6, 6.07) is 13.6. The number of rotatable bonds is 5. The molecule has 3 rings (SSSR count). The van der Waals surface area contributed by atoms with Gasteiger partial charge < -0.3 is 20.1 Å². The average molecular weight is 368 g/mol. The first-order chi connectivity index (χ1) is 13.1. The fourth-order valence-electron chi connectivity index (χ4n) is 3.63. The Labute approximate surface area is 160 Å². The highest BCUT2D eigenvalue weighted by Gasteiger charge is 2.28. The van der Waals surface area contributed by atoms with Crippen LogP contribution in [0.15, 0.2) is 48.7 Å². The largest absolute Gasteiger partial charge is 0.353 e. The highest BCUT2D eigenvalue weighted by atomic mass is 16.2. The molecule has 1 saturated heterocycles. The molecule has 2 aromatic rings. The van der Waals surface area contributed by atoms with Gasteiger partial charge in [-0.1, -0.05) is 43.2 Å². The van der Waals surface area contributed by atoms with Crippen LogP contribution in [-0.2, 0) is 18.4 Å². The average Bonchev–Trinajstić information content (AvgIpc) is 2.97. The normalized spacial score (nSPS) is 17.2. The number of urea groups is 1. The Morgan fingerprint density at radius 3 is 2.59 bits per heavy atom. The van der Waals surface area contributed by atoms with Gasteiger partial charge in [-0.3, -0.25) is 4.79 Å². The predicted molar refractivity (Wildman–Crippen MR) is 105 cm³/mol. The molecule has 0 spiro atoms. The van der Waals surface area contributed by atoms with Gasteiger partial charge >= 0.3 is 6.03 Å². The zero-order valence-corrected chi connectivity index (χ0v) is 15.9. The number of nitrogens with one attached hydrogen (secondary N) is 2. The van der Waals surface area contributed by atoms with E-state index in [1.165, 1.54) is 0 Å². The monoisotopic (exact) mass is 368 g/mol. The predicted octanol–water partition coefficient (Wildman–Crippen LogP) is 2.97. The first-order valence-corrected chi connectivity index (χ1v) is 9.61. The molecule has 144 valence electrons. The van der Waals surface area contributed by atoms with Crippen molar-refractivity contribution in [3.63, 3.8) is 0 Å². The van der Waals surface area contributed by atoms with Crippen LogP contribution in [0.2, 0.25) is 0 Å². The molecule has 0 bridgehead atoms. The smallest absolute Gasteiger partial charge is 0.315 e. The standard InChI is InChI=1S/C21H28N4O2/c1-24-13-8-12-18(24)19-11-6-3-7-14-25(19)20(26)16-23-21(27)22-15-17-9-4-2-5-10-17/h2,4-5,8-10,12-13,19H,3,6-7,11,14-16H2,1H3,(H2,22,23,27)/t19-/m1/s1. The van der Waals surface area contributed by atoms with Crippen LogP contribution < -0.4 is 10.6 Å². The molecular weight excluding hydrogens is 340 g/mol. The molecule has 6 nitrogen and oxygen atoms in total. The number of hydrogen-bond donors (Lipinski definition) is 2. The van der Waals surface area contributed by atoms with Crippen molar-refractivity contribution in [3.8, 4) is 0 Å². The summed E-state index contributed by atoms with van der Waals surface area (Å²) in [7, 11) is 2.01. The van der Waals surface area contributed by atoms with E-state index in [4.69, 9.17) is 0 Å². The molecular formula is C21H28N4O2. The van der Waals surface area contributed by atoms with E-state index in [1.807, 2.05) is 54.5 Å². The van der Waals surface area contributed by atoms with Crippen LogP contribution in [0.4, 0.5) is 4.79 Å². The van der Waals surface area contributed by atoms with Crippen molar-refractivity contribution in [1.29, 1.82) is 0 Å². The molecule has 0 unspecified atom stereocenters. The van der Waals surface area contributed by atoms with Crippen LogP contribution >= 0.6 is 0 Å². The molecule has 0 radical (unpaired) electrons. The van der Waals surface area contributed by atoms with Gasteiger partial charge in [0.25, 0.3) is 0 Å². The van der Waals surface area contributed by atoms with E-state index in [2.05, 4.69) is 21.3 Å². The minimum Gasteiger partial charge on any atom is -0.353 e. The van der Waals surface area contributed by atoms with E-state index < -0.39 is 0 Å². The van der Waals surface area contributed by atoms with E-state index in [0.717, 1.165) is 43.5 Å². The molecule has 6 heteroatoms. The number of nitrogens with zero attached hydrogens (tertiary/aromatic N) is 2. The van der Waals surface area contributed by atoms with E-state index in [9.17, 15) is 9.59 Å². The Morgan fingerprint density at radius 2 is 1.85 bits per heavy atom. The van der Waals surface area contributed by atoms with Crippen LogP contribution in [-0.4, -0.2) is 34.5 Å². The van der Waals surface area contributed by atoms with Crippen LogP contribution in [0.3, 0.4) is 0 Å². The molecule has 1 atom stereocenters. The third-order valence-corrected chi connectivity index (χ3v) is 5.09. The first kappa shape index (κ1) is 19.0. The van der Waals surface area contributed by atoms with E-state index in [0.29, 0.717) is 6.54 Å². The second-order valence-electron chi connectivity index (χ2n) is 7.02. The molecule has 1 aromatic heterocycles. The van der Waals surface area contributed by atoms with Gasteiger partial charge in [0.05, 0.1) is 12.6 Å². The van der Waals surface area contributed by atoms with Crippen molar-refractivity contribution < 1.29 is 9.59 Å². The van der Waals surface area contributed by atoms with Crippen molar-refractivity contribution in [1.82, 2.24) is 20.1 Å². The summed E-state index contributed by atoms with van der Waals surface area (Å²) < 4.78 is 2.08. The lowest BCUT2D eigenvalue weighted by molar-refractivity contribution is -0.132. The quantitative estimate of drug-likeness (QED) is 0.852. The number of likely N-dealkylation sites (tertiary alicyclic amines) is 1. The van der Waals surface area contributed by atoms with Crippen LogP contribution in [0.25, 0.3) is 0 Å². The Bertz CT molecular complexity index is 757. The summed E-state index contributed by atoms with van der Waals surface area (Å²) in [5.74, 6) is -0.0297. The molecule has 0 saturated carbocycles. The van der Waals surface area contributed by atoms with E-state index >= 15 is 0 Å². The number of benzene rings is 1. The highest BCUT2D eigenvalue weighted by molar-refractivity contribution is 5.84. The topological polar surface area (TPSA) is 66.4 Å². The number of aromatic nitrogens is 1. The second kappa shape index (κ2) is 9.26. The Morgan fingerprint density at radius 1 is 1.04 bits per heavy atom. The number of hydrogen-bond acceptors (Lipinski definition) is 2. The van der Waals surface area contributed by atoms with Gasteiger partial charge in [0.1, 0.15) is 0 Å². The lowest BCUT2D eigenvalue weighted by Gasteiger charge is -2.30. The van der Waals surface area contributed by atoms with Gasteiger partial charge in [-0.15, -0.1) is 0 Å². The van der Waals surface area contributed by atoms with Gasteiger partial charge in [0.15, 0.2) is 0 Å². The Hall–Kier alpha value is -2.76. The van der Waals surface area contributed by atoms with Crippen molar-refractivity contribution in [2.24, 2.45) is 7.05 Å². The van der Waals surface area contributed by atoms with E-state index in [-0.39, 0.29) is 24.5 Å². The maximum Gasteiger partial charge on any atom is 0.315 e. The molecule has 27 heavy (non-hydrogen) atoms. The number of carbonyl (C=O) groups excluding carboxylic acids is 2. The molecule has 2 N–H and O–H groups in total. The third kappa shape index (κ3) is 5.12. The zero-order chi connectivity index (χ0) is 19.1. The highest BCUT2D eigenvalue weighted by Crippen LogP contribution is 2.30. The molecule has 3 amide bonds. The maximum absolute atomic E-state index is 12.8. The lowest BCUT2D eigenvalue weighted by Crippen LogP contribution is -2.45. The van der Waals surface area contributed by atoms with E-state index in [1.54, 1.807) is 0 Å². The molecule has 1 aliphatic rings. The summed E-state index contributed by atoms with van der Waals surface area (Å²) in [6.45, 7) is 1.19. The third-order valence-electron chi connectivity index (χ3n) is 5.09. The molecule has 1 aromatic carbocycles. The summed E-state index contributed by atoms with van der Waals surface area (Å²) in [5, 5.41) is 5.50. The summed E-state index contributed by atoms with van der Waals surface area (Å²) in [4.78, 5) is 26.8. The van der Waals surface area contributed by atoms with Crippen molar-refractivity contribution in [2.45, 2.75) is 38.3 Å². The minimum absolute atomic E-state index is 0.0154. The van der Waals surface area contributed by atoms with Crippen molar-refractivity contribution >= 4 is 11.9 Å². The number of amides is 3. The van der Waals surface area contributed by atoms with Crippen LogP contribution in [0.1, 0.15) is 43.0 Å². The van der Waals surface area contributed by atoms with Crippen LogP contribution in [0, 0.1) is 0 Å². The minimum atomic E-state index is -0.322. The van der Waals surface area contributed by atoms with Gasteiger partial charge in [0.2, 0.25) is 5.91 Å². The van der Waals surface area contributed by atoms with Gasteiger partial charge in [-0.05, 0) is 30.5 Å². The molecule has 1 fully saturated rings. The van der Waals surface area contributed by atoms with Crippen molar-refractivity contribution in [3.05, 3.63) is 59.9 Å². The van der Waals surface area contributed by atoms with Gasteiger partial charge in [-0.25, -0.2) is 4.79 Å². The number of aryl methyl sites for hydroxylation is 1. The maximum atomic E-state index is 12.8. The number of carbonyl (C=O) groups is 2. The summed E-state index contributed by atoms with van der Waals surface area (Å²) in [5.41, 5.74) is 2.18. The molecule has 0 aliphatic carbocycles. The molecule has 1 aliphatic heterocycles. The Kier molecular flexibility index (Phi) is 6.52. The lowest BCUT2D eigenvalue weighted by atomic mass is 10.1. The SMILES string of the molecule is Cn1cccc1[C@H]1CCCCCN1C(=O)CNC(=O)NCc1ccccc1. The fraction of sp³-hybridized carbons (Fsp3) is 0.429. The Balaban J connectivity index is 1.55. The molecule has 2 heterocycles. The van der Waals surface area contributed by atoms with Crippen LogP contribution in [0.5, 0.6) is 0 Å². The van der Waals surface area contributed by atoms with Gasteiger partial charge in [0, 0.05) is 32.0 Å². The summed E-state index contributed by atoms with van der Waals surface area (Å²) >= 11 is 0. The zero-order valence-electron chi connectivity index (χ0n) is 15.9. The second-order valence-corrected chi connectivity index (χ2v) is 7.02. The van der Waals surface area contributed by atoms with Crippen molar-refractivity contribution in [2.75, 3.05) is 13.1 Å². The fourth-order valence-corrected chi connectivity index (χ4v) is 3.63. The summed E-state index contributed by atoms with van der Waals surface area (Å²) in [6.07, 6.45) is 6.23. The van der Waals surface area contributed by atoms with Gasteiger partial charge in [-0.2, -0.15) is 0 Å².